The second-order valence-corrected chi connectivity index (χ2v) is 5.64. The molecule has 23 heavy (non-hydrogen) atoms. The normalized spacial score (nSPS) is 15.1. The number of fused-ring (bicyclic) bond motifs is 1. The van der Waals surface area contributed by atoms with Crippen molar-refractivity contribution in [2.75, 3.05) is 12.4 Å². The molecule has 3 nitrogen and oxygen atoms in total. The number of ketones is 1. The van der Waals surface area contributed by atoms with Crippen LogP contribution in [0.4, 0.5) is 32.0 Å². The largest absolute Gasteiger partial charge is 0.495 e. The van der Waals surface area contributed by atoms with Gasteiger partial charge in [0, 0.05) is 0 Å². The standard InChI is InChI=1S/C12H6ClF6NO2S/c1-22-5-3-2-4(13)7-6(5)20-9(11(14,15)16)8(23-7)10(21)12(17,18)19/h2-3,20H,1H3. The molecule has 1 heterocycles. The Kier molecular flexibility index (Phi) is 4.51. The molecule has 0 unspecified atom stereocenters. The van der Waals surface area contributed by atoms with Gasteiger partial charge in [0.2, 0.25) is 0 Å². The maximum Gasteiger partial charge on any atom is 0.455 e. The Balaban J connectivity index is 2.65. The van der Waals surface area contributed by atoms with E-state index in [-0.39, 0.29) is 33.1 Å². The monoisotopic (exact) mass is 377 g/mol. The summed E-state index contributed by atoms with van der Waals surface area (Å²) in [4.78, 5) is 9.65. The first-order chi connectivity index (χ1) is 10.5. The van der Waals surface area contributed by atoms with Crippen molar-refractivity contribution in [1.29, 1.82) is 0 Å². The van der Waals surface area contributed by atoms with E-state index in [1.54, 1.807) is 5.32 Å². The number of nitrogens with one attached hydrogen (secondary N) is 1. The lowest BCUT2D eigenvalue weighted by Gasteiger charge is -2.27. The molecule has 1 aliphatic heterocycles. The van der Waals surface area contributed by atoms with Gasteiger partial charge in [-0.3, -0.25) is 4.79 Å². The third kappa shape index (κ3) is 3.37. The average molecular weight is 378 g/mol. The van der Waals surface area contributed by atoms with Gasteiger partial charge in [0.25, 0.3) is 5.78 Å². The highest BCUT2D eigenvalue weighted by Crippen LogP contribution is 2.51. The highest BCUT2D eigenvalue weighted by Gasteiger charge is 2.49. The molecule has 0 radical (unpaired) electrons. The molecule has 0 amide bonds. The van der Waals surface area contributed by atoms with Crippen molar-refractivity contribution in [3.8, 4) is 5.75 Å². The van der Waals surface area contributed by atoms with Crippen LogP contribution in [0.3, 0.4) is 0 Å². The number of benzene rings is 1. The van der Waals surface area contributed by atoms with Gasteiger partial charge in [-0.2, -0.15) is 26.3 Å². The SMILES string of the molecule is COc1ccc(Cl)c2c1NC(C(F)(F)F)=C(C(=O)C(F)(F)F)S2. The van der Waals surface area contributed by atoms with Crippen LogP contribution in [0.15, 0.2) is 27.6 Å². The summed E-state index contributed by atoms with van der Waals surface area (Å²) in [6.07, 6.45) is -10.7. The van der Waals surface area contributed by atoms with E-state index in [1.165, 1.54) is 19.2 Å². The van der Waals surface area contributed by atoms with Gasteiger partial charge in [0.15, 0.2) is 0 Å². The molecule has 0 atom stereocenters. The molecular formula is C12H6ClF6NO2S. The molecule has 0 saturated heterocycles. The number of carbonyl (C=O) groups excluding carboxylic acids is 1. The van der Waals surface area contributed by atoms with Crippen LogP contribution in [-0.2, 0) is 4.79 Å². The fourth-order valence-corrected chi connectivity index (χ4v) is 3.12. The summed E-state index contributed by atoms with van der Waals surface area (Å²) in [7, 11) is 1.17. The van der Waals surface area contributed by atoms with Gasteiger partial charge < -0.3 is 10.1 Å². The van der Waals surface area contributed by atoms with Crippen LogP contribution in [0.5, 0.6) is 5.75 Å². The molecule has 0 aromatic heterocycles. The molecule has 1 aliphatic rings. The van der Waals surface area contributed by atoms with Gasteiger partial charge in [-0.05, 0) is 12.1 Å². The summed E-state index contributed by atoms with van der Waals surface area (Å²) in [6.45, 7) is 0. The molecule has 0 fully saturated rings. The van der Waals surface area contributed by atoms with E-state index < -0.39 is 28.7 Å². The number of carbonyl (C=O) groups is 1. The molecule has 0 bridgehead atoms. The van der Waals surface area contributed by atoms with Crippen molar-refractivity contribution < 1.29 is 35.9 Å². The molecule has 0 aliphatic carbocycles. The molecule has 2 rings (SSSR count). The zero-order chi connectivity index (χ0) is 17.6. The van der Waals surface area contributed by atoms with Crippen LogP contribution in [0, 0.1) is 0 Å². The number of ether oxygens (including phenoxy) is 1. The number of anilines is 1. The number of allylic oxidation sites excluding steroid dienone is 2. The lowest BCUT2D eigenvalue weighted by molar-refractivity contribution is -0.166. The molecule has 1 aromatic carbocycles. The summed E-state index contributed by atoms with van der Waals surface area (Å²) >= 11 is 5.80. The van der Waals surface area contributed by atoms with Crippen molar-refractivity contribution in [2.45, 2.75) is 17.2 Å². The Morgan fingerprint density at radius 2 is 1.83 bits per heavy atom. The number of thioether (sulfide) groups is 1. The van der Waals surface area contributed by atoms with Crippen LogP contribution < -0.4 is 10.1 Å². The minimum absolute atomic E-state index is 0.00125. The summed E-state index contributed by atoms with van der Waals surface area (Å²) in [6, 6.07) is 2.49. The zero-order valence-corrected chi connectivity index (χ0v) is 12.6. The van der Waals surface area contributed by atoms with Gasteiger partial charge in [0.1, 0.15) is 11.4 Å². The van der Waals surface area contributed by atoms with Crippen LogP contribution in [0.1, 0.15) is 0 Å². The number of rotatable bonds is 2. The fourth-order valence-electron chi connectivity index (χ4n) is 1.75. The number of hydrogen-bond acceptors (Lipinski definition) is 4. The Bertz CT molecular complexity index is 698. The molecule has 0 spiro atoms. The van der Waals surface area contributed by atoms with E-state index in [9.17, 15) is 31.1 Å². The number of hydrogen-bond donors (Lipinski definition) is 1. The van der Waals surface area contributed by atoms with Gasteiger partial charge in [-0.1, -0.05) is 23.4 Å². The highest BCUT2D eigenvalue weighted by molar-refractivity contribution is 8.04. The van der Waals surface area contributed by atoms with Crippen LogP contribution in [0.25, 0.3) is 0 Å². The lowest BCUT2D eigenvalue weighted by Crippen LogP contribution is -2.31. The van der Waals surface area contributed by atoms with E-state index in [0.29, 0.717) is 0 Å². The second kappa shape index (κ2) is 5.82. The number of alkyl halides is 6. The molecule has 11 heteroatoms. The van der Waals surface area contributed by atoms with Crippen molar-refractivity contribution >= 4 is 34.8 Å². The second-order valence-electron chi connectivity index (χ2n) is 4.21. The van der Waals surface area contributed by atoms with Crippen LogP contribution >= 0.6 is 23.4 Å². The van der Waals surface area contributed by atoms with Gasteiger partial charge >= 0.3 is 12.4 Å². The van der Waals surface area contributed by atoms with E-state index in [0.717, 1.165) is 0 Å². The van der Waals surface area contributed by atoms with Crippen molar-refractivity contribution in [3.63, 3.8) is 0 Å². The van der Waals surface area contributed by atoms with Gasteiger partial charge in [0.05, 0.1) is 27.6 Å². The Hall–Kier alpha value is -1.55. The zero-order valence-electron chi connectivity index (χ0n) is 11.0. The Morgan fingerprint density at radius 3 is 2.30 bits per heavy atom. The molecule has 1 N–H and O–H groups in total. The van der Waals surface area contributed by atoms with Gasteiger partial charge in [-0.15, -0.1) is 0 Å². The highest BCUT2D eigenvalue weighted by atomic mass is 35.5. The van der Waals surface area contributed by atoms with Crippen molar-refractivity contribution in [3.05, 3.63) is 27.8 Å². The van der Waals surface area contributed by atoms with E-state index >= 15 is 0 Å². The summed E-state index contributed by atoms with van der Waals surface area (Å²) < 4.78 is 81.7. The minimum atomic E-state index is -5.46. The molecule has 126 valence electrons. The molecule has 1 aromatic rings. The topological polar surface area (TPSA) is 38.3 Å². The number of halogens is 7. The lowest BCUT2D eigenvalue weighted by atomic mass is 10.2. The fraction of sp³-hybridized carbons (Fsp3) is 0.250. The summed E-state index contributed by atoms with van der Waals surface area (Å²) in [5.41, 5.74) is -2.06. The minimum Gasteiger partial charge on any atom is -0.495 e. The third-order valence-corrected chi connectivity index (χ3v) is 4.37. The average Bonchev–Trinajstić information content (AvgIpc) is 2.44. The van der Waals surface area contributed by atoms with E-state index in [2.05, 4.69) is 0 Å². The first kappa shape index (κ1) is 17.8. The molecular weight excluding hydrogens is 372 g/mol. The van der Waals surface area contributed by atoms with Crippen LogP contribution in [0.2, 0.25) is 5.02 Å². The predicted octanol–water partition coefficient (Wildman–Crippen LogP) is 4.77. The number of methoxy groups -OCH3 is 1. The Labute approximate surface area is 134 Å². The smallest absolute Gasteiger partial charge is 0.455 e. The predicted molar refractivity (Wildman–Crippen MR) is 71.6 cm³/mol. The maximum absolute atomic E-state index is 13.0. The Morgan fingerprint density at radius 1 is 1.22 bits per heavy atom. The third-order valence-electron chi connectivity index (χ3n) is 2.72. The van der Waals surface area contributed by atoms with Gasteiger partial charge in [-0.25, -0.2) is 0 Å². The number of Topliss-reactive ketones (excluding diaryl/α,β-unsaturated/α-hetero) is 1. The maximum atomic E-state index is 13.0. The first-order valence-electron chi connectivity index (χ1n) is 5.71. The van der Waals surface area contributed by atoms with Crippen molar-refractivity contribution in [2.24, 2.45) is 0 Å². The van der Waals surface area contributed by atoms with E-state index in [4.69, 9.17) is 16.3 Å². The van der Waals surface area contributed by atoms with Crippen LogP contribution in [-0.4, -0.2) is 25.2 Å². The summed E-state index contributed by atoms with van der Waals surface area (Å²) in [5, 5.41) is 1.69. The van der Waals surface area contributed by atoms with E-state index in [1.807, 2.05) is 0 Å². The summed E-state index contributed by atoms with van der Waals surface area (Å²) in [5.74, 6) is -2.66. The van der Waals surface area contributed by atoms with Crippen molar-refractivity contribution in [1.82, 2.24) is 0 Å². The molecule has 0 saturated carbocycles. The quantitative estimate of drug-likeness (QED) is 0.753. The first-order valence-corrected chi connectivity index (χ1v) is 6.90.